The van der Waals surface area contributed by atoms with Crippen molar-refractivity contribution in [2.75, 3.05) is 13.1 Å². The zero-order chi connectivity index (χ0) is 13.3. The third kappa shape index (κ3) is 3.25. The molecule has 106 valence electrons. The SMILES string of the molecule is CC1CCC(C)N(S(=O)(=O)C(C)CNC2CC2)C1. The van der Waals surface area contributed by atoms with Crippen LogP contribution in [0, 0.1) is 5.92 Å². The fourth-order valence-electron chi connectivity index (χ4n) is 2.56. The molecule has 2 aliphatic rings. The van der Waals surface area contributed by atoms with Gasteiger partial charge in [-0.1, -0.05) is 6.92 Å². The summed E-state index contributed by atoms with van der Waals surface area (Å²) >= 11 is 0. The Balaban J connectivity index is 1.98. The Hall–Kier alpha value is -0.130. The second-order valence-corrected chi connectivity index (χ2v) is 8.44. The first kappa shape index (κ1) is 14.3. The highest BCUT2D eigenvalue weighted by Gasteiger charge is 2.36. The third-order valence-electron chi connectivity index (χ3n) is 4.17. The van der Waals surface area contributed by atoms with Gasteiger partial charge in [0.2, 0.25) is 10.0 Å². The third-order valence-corrected chi connectivity index (χ3v) is 6.51. The van der Waals surface area contributed by atoms with E-state index >= 15 is 0 Å². The van der Waals surface area contributed by atoms with Crippen molar-refractivity contribution in [3.63, 3.8) is 0 Å². The molecule has 1 aliphatic carbocycles. The van der Waals surface area contributed by atoms with Crippen molar-refractivity contribution in [3.8, 4) is 0 Å². The van der Waals surface area contributed by atoms with Crippen LogP contribution in [0.1, 0.15) is 46.5 Å². The van der Waals surface area contributed by atoms with Crippen LogP contribution in [0.25, 0.3) is 0 Å². The van der Waals surface area contributed by atoms with Gasteiger partial charge in [0.1, 0.15) is 0 Å². The molecule has 0 amide bonds. The van der Waals surface area contributed by atoms with E-state index in [2.05, 4.69) is 12.2 Å². The molecule has 0 aromatic carbocycles. The number of nitrogens with zero attached hydrogens (tertiary/aromatic N) is 1. The normalized spacial score (nSPS) is 32.4. The minimum absolute atomic E-state index is 0.162. The molecule has 0 radical (unpaired) electrons. The molecule has 0 bridgehead atoms. The molecule has 1 aliphatic heterocycles. The minimum atomic E-state index is -3.14. The number of hydrogen-bond acceptors (Lipinski definition) is 3. The van der Waals surface area contributed by atoms with Gasteiger partial charge in [-0.15, -0.1) is 0 Å². The Morgan fingerprint density at radius 2 is 1.89 bits per heavy atom. The molecule has 2 fully saturated rings. The summed E-state index contributed by atoms with van der Waals surface area (Å²) in [5, 5.41) is 3.01. The highest BCUT2D eigenvalue weighted by Crippen LogP contribution is 2.26. The van der Waals surface area contributed by atoms with Crippen LogP contribution in [-0.4, -0.2) is 43.1 Å². The van der Waals surface area contributed by atoms with Crippen LogP contribution >= 0.6 is 0 Å². The van der Waals surface area contributed by atoms with Crippen LogP contribution < -0.4 is 5.32 Å². The van der Waals surface area contributed by atoms with Crippen molar-refractivity contribution in [2.24, 2.45) is 5.92 Å². The van der Waals surface area contributed by atoms with Crippen molar-refractivity contribution in [2.45, 2.75) is 63.8 Å². The van der Waals surface area contributed by atoms with E-state index in [9.17, 15) is 8.42 Å². The topological polar surface area (TPSA) is 49.4 Å². The first-order valence-electron chi connectivity index (χ1n) is 7.15. The van der Waals surface area contributed by atoms with Gasteiger partial charge in [-0.25, -0.2) is 8.42 Å². The van der Waals surface area contributed by atoms with Gasteiger partial charge in [-0.3, -0.25) is 0 Å². The van der Waals surface area contributed by atoms with Crippen LogP contribution in [0.3, 0.4) is 0 Å². The molecule has 3 unspecified atom stereocenters. The van der Waals surface area contributed by atoms with Gasteiger partial charge in [0, 0.05) is 25.2 Å². The van der Waals surface area contributed by atoms with Gasteiger partial charge in [-0.05, 0) is 45.4 Å². The lowest BCUT2D eigenvalue weighted by atomic mass is 9.97. The van der Waals surface area contributed by atoms with E-state index in [1.807, 2.05) is 13.8 Å². The minimum Gasteiger partial charge on any atom is -0.313 e. The maximum Gasteiger partial charge on any atom is 0.218 e. The molecule has 1 saturated carbocycles. The molecule has 4 nitrogen and oxygen atoms in total. The average molecular weight is 274 g/mol. The summed E-state index contributed by atoms with van der Waals surface area (Å²) in [6.07, 6.45) is 4.53. The summed E-state index contributed by atoms with van der Waals surface area (Å²) in [6, 6.07) is 0.731. The molecule has 0 aromatic rings. The molecule has 18 heavy (non-hydrogen) atoms. The van der Waals surface area contributed by atoms with E-state index in [0.717, 1.165) is 12.8 Å². The molecule has 3 atom stereocenters. The maximum absolute atomic E-state index is 12.6. The summed E-state index contributed by atoms with van der Waals surface area (Å²) in [6.45, 7) is 7.28. The molecule has 1 N–H and O–H groups in total. The van der Waals surface area contributed by atoms with Gasteiger partial charge >= 0.3 is 0 Å². The van der Waals surface area contributed by atoms with E-state index in [0.29, 0.717) is 25.0 Å². The number of nitrogens with one attached hydrogen (secondary N) is 1. The Bertz CT molecular complexity index is 378. The molecule has 0 aromatic heterocycles. The summed E-state index contributed by atoms with van der Waals surface area (Å²) in [5.74, 6) is 0.486. The molecular formula is C13H26N2O2S. The predicted molar refractivity (Wildman–Crippen MR) is 74.0 cm³/mol. The summed E-state index contributed by atoms with van der Waals surface area (Å²) in [5.41, 5.74) is 0. The Morgan fingerprint density at radius 3 is 2.50 bits per heavy atom. The molecule has 0 spiro atoms. The van der Waals surface area contributed by atoms with Gasteiger partial charge in [0.05, 0.1) is 5.25 Å². The second-order valence-electron chi connectivity index (χ2n) is 6.14. The lowest BCUT2D eigenvalue weighted by Crippen LogP contribution is -2.50. The molecule has 2 rings (SSSR count). The van der Waals surface area contributed by atoms with Crippen LogP contribution in [0.15, 0.2) is 0 Å². The lowest BCUT2D eigenvalue weighted by Gasteiger charge is -2.37. The monoisotopic (exact) mass is 274 g/mol. The van der Waals surface area contributed by atoms with Crippen molar-refractivity contribution in [1.82, 2.24) is 9.62 Å². The van der Waals surface area contributed by atoms with Crippen molar-refractivity contribution in [1.29, 1.82) is 0 Å². The number of sulfonamides is 1. The zero-order valence-corrected chi connectivity index (χ0v) is 12.5. The van der Waals surface area contributed by atoms with Crippen LogP contribution in [-0.2, 0) is 10.0 Å². The first-order chi connectivity index (χ1) is 8.41. The van der Waals surface area contributed by atoms with Crippen LogP contribution in [0.4, 0.5) is 0 Å². The fraction of sp³-hybridized carbons (Fsp3) is 1.00. The quantitative estimate of drug-likeness (QED) is 0.828. The van der Waals surface area contributed by atoms with Crippen molar-refractivity contribution >= 4 is 10.0 Å². The van der Waals surface area contributed by atoms with E-state index in [1.165, 1.54) is 12.8 Å². The number of hydrogen-bond donors (Lipinski definition) is 1. The molecule has 1 heterocycles. The van der Waals surface area contributed by atoms with Gasteiger partial charge in [-0.2, -0.15) is 4.31 Å². The summed E-state index contributed by atoms with van der Waals surface area (Å²) in [4.78, 5) is 0. The lowest BCUT2D eigenvalue weighted by molar-refractivity contribution is 0.216. The Labute approximate surface area is 111 Å². The van der Waals surface area contributed by atoms with E-state index in [1.54, 1.807) is 4.31 Å². The Kier molecular flexibility index (Phi) is 4.34. The van der Waals surface area contributed by atoms with E-state index < -0.39 is 10.0 Å². The first-order valence-corrected chi connectivity index (χ1v) is 8.65. The highest BCUT2D eigenvalue weighted by atomic mass is 32.2. The van der Waals surface area contributed by atoms with E-state index in [-0.39, 0.29) is 11.3 Å². The predicted octanol–water partition coefficient (Wildman–Crippen LogP) is 1.58. The Morgan fingerprint density at radius 1 is 1.22 bits per heavy atom. The van der Waals surface area contributed by atoms with Crippen molar-refractivity contribution in [3.05, 3.63) is 0 Å². The fourth-order valence-corrected chi connectivity index (χ4v) is 4.40. The molecule has 1 saturated heterocycles. The highest BCUT2D eigenvalue weighted by molar-refractivity contribution is 7.89. The largest absolute Gasteiger partial charge is 0.313 e. The maximum atomic E-state index is 12.6. The van der Waals surface area contributed by atoms with Gasteiger partial charge in [0.15, 0.2) is 0 Å². The average Bonchev–Trinajstić information content (AvgIpc) is 3.12. The molecule has 5 heteroatoms. The van der Waals surface area contributed by atoms with Gasteiger partial charge in [0.25, 0.3) is 0 Å². The summed E-state index contributed by atoms with van der Waals surface area (Å²) < 4.78 is 26.9. The zero-order valence-electron chi connectivity index (χ0n) is 11.7. The summed E-state index contributed by atoms with van der Waals surface area (Å²) in [7, 11) is -3.14. The van der Waals surface area contributed by atoms with E-state index in [4.69, 9.17) is 0 Å². The smallest absolute Gasteiger partial charge is 0.218 e. The van der Waals surface area contributed by atoms with Crippen molar-refractivity contribution < 1.29 is 8.42 Å². The second kappa shape index (κ2) is 5.47. The molecular weight excluding hydrogens is 248 g/mol. The van der Waals surface area contributed by atoms with Gasteiger partial charge < -0.3 is 5.32 Å². The van der Waals surface area contributed by atoms with Crippen LogP contribution in [0.2, 0.25) is 0 Å². The standard InChI is InChI=1S/C13H26N2O2S/c1-10-4-5-11(2)15(9-10)18(16,17)12(3)8-14-13-6-7-13/h10-14H,4-9H2,1-3H3. The van der Waals surface area contributed by atoms with Crippen LogP contribution in [0.5, 0.6) is 0 Å². The number of piperidine rings is 1. The number of rotatable bonds is 5.